The van der Waals surface area contributed by atoms with Gasteiger partial charge in [-0.3, -0.25) is 4.79 Å². The number of nitrogens with zero attached hydrogens (tertiary/aromatic N) is 1. The van der Waals surface area contributed by atoms with Crippen molar-refractivity contribution in [1.82, 2.24) is 4.31 Å². The molecule has 0 bridgehead atoms. The Bertz CT molecular complexity index is 1160. The number of hydrogen-bond donors (Lipinski definition) is 1. The van der Waals surface area contributed by atoms with Crippen molar-refractivity contribution >= 4 is 21.6 Å². The lowest BCUT2D eigenvalue weighted by Crippen LogP contribution is -2.39. The number of ether oxygens (including phenoxy) is 1. The first kappa shape index (κ1) is 22.1. The van der Waals surface area contributed by atoms with Gasteiger partial charge in [0.2, 0.25) is 10.0 Å². The monoisotopic (exact) mass is 454 g/mol. The minimum absolute atomic E-state index is 0.153. The molecular weight excluding hydrogens is 428 g/mol. The number of nitrogens with one attached hydrogen (secondary N) is 1. The molecule has 168 valence electrons. The molecule has 1 unspecified atom stereocenters. The first-order chi connectivity index (χ1) is 15.4. The molecule has 1 saturated heterocycles. The fourth-order valence-electron chi connectivity index (χ4n) is 3.74. The van der Waals surface area contributed by atoms with E-state index in [1.807, 2.05) is 30.3 Å². The minimum atomic E-state index is -3.54. The van der Waals surface area contributed by atoms with Gasteiger partial charge in [0.15, 0.2) is 5.76 Å². The van der Waals surface area contributed by atoms with Crippen molar-refractivity contribution in [2.45, 2.75) is 31.3 Å². The van der Waals surface area contributed by atoms with Gasteiger partial charge in [-0.2, -0.15) is 4.31 Å². The number of carbonyl (C=O) groups is 1. The predicted octanol–water partition coefficient (Wildman–Crippen LogP) is 4.53. The van der Waals surface area contributed by atoms with Crippen LogP contribution in [0.3, 0.4) is 0 Å². The molecule has 1 fully saturated rings. The lowest BCUT2D eigenvalue weighted by molar-refractivity contribution is 0.0993. The van der Waals surface area contributed by atoms with E-state index in [0.29, 0.717) is 36.0 Å². The van der Waals surface area contributed by atoms with E-state index in [1.54, 1.807) is 18.2 Å². The molecule has 0 aliphatic carbocycles. The van der Waals surface area contributed by atoms with E-state index >= 15 is 0 Å². The Hall–Kier alpha value is -3.10. The van der Waals surface area contributed by atoms with Crippen molar-refractivity contribution < 1.29 is 22.4 Å². The molecule has 2 aromatic carbocycles. The molecule has 1 N–H and O–H groups in total. The number of anilines is 1. The molecule has 1 aliphatic heterocycles. The van der Waals surface area contributed by atoms with Gasteiger partial charge in [0.25, 0.3) is 5.91 Å². The van der Waals surface area contributed by atoms with E-state index in [1.165, 1.54) is 22.7 Å². The summed E-state index contributed by atoms with van der Waals surface area (Å²) in [6.07, 6.45) is 3.35. The summed E-state index contributed by atoms with van der Waals surface area (Å²) >= 11 is 0. The summed E-state index contributed by atoms with van der Waals surface area (Å²) in [5, 5.41) is 2.75. The summed E-state index contributed by atoms with van der Waals surface area (Å²) in [6, 6.07) is 17.2. The third-order valence-corrected chi connectivity index (χ3v) is 7.34. The smallest absolute Gasteiger partial charge is 0.291 e. The van der Waals surface area contributed by atoms with Gasteiger partial charge in [-0.05, 0) is 61.2 Å². The van der Waals surface area contributed by atoms with E-state index < -0.39 is 15.9 Å². The third kappa shape index (κ3) is 5.03. The highest BCUT2D eigenvalue weighted by molar-refractivity contribution is 7.89. The summed E-state index contributed by atoms with van der Waals surface area (Å²) < 4.78 is 38.4. The Morgan fingerprint density at radius 3 is 2.59 bits per heavy atom. The Morgan fingerprint density at radius 1 is 1.12 bits per heavy atom. The van der Waals surface area contributed by atoms with Crippen LogP contribution < -0.4 is 10.1 Å². The second kappa shape index (κ2) is 9.58. The van der Waals surface area contributed by atoms with Gasteiger partial charge < -0.3 is 14.5 Å². The van der Waals surface area contributed by atoms with Crippen LogP contribution in [-0.4, -0.2) is 31.7 Å². The number of furan rings is 1. The zero-order valence-electron chi connectivity index (χ0n) is 17.9. The number of amides is 1. The Balaban J connectivity index is 1.41. The average Bonchev–Trinajstić information content (AvgIpc) is 3.28. The lowest BCUT2D eigenvalue weighted by Gasteiger charge is -2.30. The van der Waals surface area contributed by atoms with Crippen molar-refractivity contribution in [3.05, 3.63) is 78.3 Å². The summed E-state index contributed by atoms with van der Waals surface area (Å²) in [5.74, 6) is 0.771. The maximum Gasteiger partial charge on any atom is 0.291 e. The molecule has 2 heterocycles. The number of benzene rings is 2. The molecule has 32 heavy (non-hydrogen) atoms. The highest BCUT2D eigenvalue weighted by Gasteiger charge is 2.28. The molecule has 0 spiro atoms. The topological polar surface area (TPSA) is 88.9 Å². The number of rotatable bonds is 7. The highest BCUT2D eigenvalue weighted by atomic mass is 32.2. The van der Waals surface area contributed by atoms with E-state index in [0.717, 1.165) is 12.8 Å². The zero-order valence-corrected chi connectivity index (χ0v) is 18.7. The van der Waals surface area contributed by atoms with Crippen molar-refractivity contribution in [2.24, 2.45) is 5.92 Å². The van der Waals surface area contributed by atoms with Crippen molar-refractivity contribution in [1.29, 1.82) is 0 Å². The SMILES string of the molecule is CC1CCCN(S(=O)(=O)c2ccc(NC(=O)c3occc3COc3ccccc3)cc2)C1. The predicted molar refractivity (Wildman–Crippen MR) is 121 cm³/mol. The van der Waals surface area contributed by atoms with Crippen LogP contribution in [-0.2, 0) is 16.6 Å². The number of hydrogen-bond acceptors (Lipinski definition) is 5. The fraction of sp³-hybridized carbons (Fsp3) is 0.292. The Labute approximate surface area is 188 Å². The second-order valence-electron chi connectivity index (χ2n) is 7.97. The lowest BCUT2D eigenvalue weighted by atomic mass is 10.0. The van der Waals surface area contributed by atoms with Gasteiger partial charge in [0.1, 0.15) is 12.4 Å². The molecule has 0 saturated carbocycles. The number of piperidine rings is 1. The van der Waals surface area contributed by atoms with Crippen molar-refractivity contribution in [2.75, 3.05) is 18.4 Å². The molecule has 3 aromatic rings. The maximum atomic E-state index is 12.9. The summed E-state index contributed by atoms with van der Waals surface area (Å²) in [4.78, 5) is 12.9. The van der Waals surface area contributed by atoms with Crippen LogP contribution in [0.1, 0.15) is 35.9 Å². The largest absolute Gasteiger partial charge is 0.489 e. The summed E-state index contributed by atoms with van der Waals surface area (Å²) in [7, 11) is -3.54. The number of para-hydroxylation sites is 1. The number of carbonyl (C=O) groups excluding carboxylic acids is 1. The van der Waals surface area contributed by atoms with Crippen LogP contribution >= 0.6 is 0 Å². The van der Waals surface area contributed by atoms with Gasteiger partial charge in [-0.25, -0.2) is 8.42 Å². The average molecular weight is 455 g/mol. The normalized spacial score (nSPS) is 17.1. The van der Waals surface area contributed by atoms with E-state index in [-0.39, 0.29) is 17.3 Å². The quantitative estimate of drug-likeness (QED) is 0.567. The standard InChI is InChI=1S/C24H26N2O5S/c1-18-6-5-14-26(16-18)32(28,29)22-11-9-20(10-12-22)25-24(27)23-19(13-15-30-23)17-31-21-7-3-2-4-8-21/h2-4,7-13,15,18H,5-6,14,16-17H2,1H3,(H,25,27). The van der Waals surface area contributed by atoms with Crippen LogP contribution in [0.5, 0.6) is 5.75 Å². The zero-order chi connectivity index (χ0) is 22.6. The molecule has 1 amide bonds. The van der Waals surface area contributed by atoms with E-state index in [4.69, 9.17) is 9.15 Å². The van der Waals surface area contributed by atoms with Gasteiger partial charge in [-0.1, -0.05) is 25.1 Å². The van der Waals surface area contributed by atoms with Crippen molar-refractivity contribution in [3.8, 4) is 5.75 Å². The van der Waals surface area contributed by atoms with E-state index in [9.17, 15) is 13.2 Å². The van der Waals surface area contributed by atoms with Gasteiger partial charge in [0.05, 0.1) is 11.2 Å². The minimum Gasteiger partial charge on any atom is -0.489 e. The van der Waals surface area contributed by atoms with Gasteiger partial charge in [-0.15, -0.1) is 0 Å². The highest BCUT2D eigenvalue weighted by Crippen LogP contribution is 2.25. The molecule has 7 nitrogen and oxygen atoms in total. The van der Waals surface area contributed by atoms with Crippen LogP contribution in [0.2, 0.25) is 0 Å². The first-order valence-corrected chi connectivity index (χ1v) is 12.0. The molecule has 1 aromatic heterocycles. The number of sulfonamides is 1. The fourth-order valence-corrected chi connectivity index (χ4v) is 5.34. The molecule has 0 radical (unpaired) electrons. The Kier molecular flexibility index (Phi) is 6.62. The maximum absolute atomic E-state index is 12.9. The van der Waals surface area contributed by atoms with Crippen LogP contribution in [0, 0.1) is 5.92 Å². The first-order valence-electron chi connectivity index (χ1n) is 10.6. The third-order valence-electron chi connectivity index (χ3n) is 5.46. The molecule has 1 atom stereocenters. The molecular formula is C24H26N2O5S. The van der Waals surface area contributed by atoms with E-state index in [2.05, 4.69) is 12.2 Å². The molecule has 8 heteroatoms. The summed E-state index contributed by atoms with van der Waals surface area (Å²) in [6.45, 7) is 3.33. The van der Waals surface area contributed by atoms with Crippen molar-refractivity contribution in [3.63, 3.8) is 0 Å². The molecule has 4 rings (SSSR count). The van der Waals surface area contributed by atoms with Crippen LogP contribution in [0.4, 0.5) is 5.69 Å². The van der Waals surface area contributed by atoms with Crippen LogP contribution in [0.25, 0.3) is 0 Å². The van der Waals surface area contributed by atoms with Crippen LogP contribution in [0.15, 0.2) is 76.2 Å². The summed E-state index contributed by atoms with van der Waals surface area (Å²) in [5.41, 5.74) is 1.09. The van der Waals surface area contributed by atoms with Gasteiger partial charge in [0, 0.05) is 24.3 Å². The Morgan fingerprint density at radius 2 is 1.88 bits per heavy atom. The molecule has 1 aliphatic rings. The van der Waals surface area contributed by atoms with Gasteiger partial charge >= 0.3 is 0 Å². The second-order valence-corrected chi connectivity index (χ2v) is 9.90.